The van der Waals surface area contributed by atoms with Gasteiger partial charge in [-0.3, -0.25) is 4.79 Å². The molecule has 1 aliphatic carbocycles. The molecule has 1 aliphatic heterocycles. The molecule has 1 saturated carbocycles. The molecular weight excluding hydrogens is 496 g/mol. The number of fused-ring (bicyclic) bond motifs is 2. The summed E-state index contributed by atoms with van der Waals surface area (Å²) in [5.41, 5.74) is 0. The summed E-state index contributed by atoms with van der Waals surface area (Å²) < 4.78 is 31.6. The van der Waals surface area contributed by atoms with E-state index in [2.05, 4.69) is 9.71 Å². The number of aryl methyl sites for hydroxylation is 1. The Labute approximate surface area is 218 Å². The molecule has 5 rings (SSSR count). The number of hydrogen-bond acceptors (Lipinski definition) is 4. The minimum Gasteiger partial charge on any atom is -0.341 e. The van der Waals surface area contributed by atoms with E-state index in [1.165, 1.54) is 19.3 Å². The summed E-state index contributed by atoms with van der Waals surface area (Å²) in [6.07, 6.45) is 9.46. The van der Waals surface area contributed by atoms with E-state index in [9.17, 15) is 13.2 Å². The summed E-state index contributed by atoms with van der Waals surface area (Å²) in [6.45, 7) is 1.77. The molecule has 0 radical (unpaired) electrons. The lowest BCUT2D eigenvalue weighted by Crippen LogP contribution is -2.53. The van der Waals surface area contributed by atoms with Crippen molar-refractivity contribution in [2.75, 3.05) is 13.1 Å². The van der Waals surface area contributed by atoms with Crippen molar-refractivity contribution >= 4 is 38.3 Å². The van der Waals surface area contributed by atoms with Gasteiger partial charge in [0.2, 0.25) is 21.2 Å². The molecule has 2 aliphatic rings. The second-order valence-corrected chi connectivity index (χ2v) is 11.7. The topological polar surface area (TPSA) is 84.3 Å². The monoisotopic (exact) mass is 530 g/mol. The molecule has 1 amide bonds. The van der Waals surface area contributed by atoms with E-state index in [-0.39, 0.29) is 24.7 Å². The van der Waals surface area contributed by atoms with Gasteiger partial charge >= 0.3 is 0 Å². The second-order valence-electron chi connectivity index (χ2n) is 9.71. The third-order valence-corrected chi connectivity index (χ3v) is 9.41. The standard InChI is InChI=1S/C26H31ClN4O3S.CH4/c27-26-28-14-17-30(26)16-13-23(25(32)31-15-12-19-6-1-2-8-21(19)18-31)29-35(33,34)24-11-5-9-20-7-3-4-10-22(20)24;/h3-5,7,9-11,14,17,19,21,23,29H,1-2,6,8,12-13,15-16,18H2;1H4. The van der Waals surface area contributed by atoms with Gasteiger partial charge in [0.15, 0.2) is 0 Å². The van der Waals surface area contributed by atoms with E-state index < -0.39 is 16.1 Å². The van der Waals surface area contributed by atoms with Gasteiger partial charge in [-0.1, -0.05) is 63.1 Å². The fourth-order valence-corrected chi connectivity index (χ4v) is 7.33. The van der Waals surface area contributed by atoms with Crippen LogP contribution >= 0.6 is 11.6 Å². The van der Waals surface area contributed by atoms with E-state index in [1.54, 1.807) is 35.2 Å². The number of piperidine rings is 1. The van der Waals surface area contributed by atoms with Crippen LogP contribution in [-0.4, -0.2) is 47.9 Å². The van der Waals surface area contributed by atoms with E-state index >= 15 is 0 Å². The summed E-state index contributed by atoms with van der Waals surface area (Å²) in [4.78, 5) is 19.8. The Bertz CT molecular complexity index is 1300. The number of amides is 1. The molecule has 0 bridgehead atoms. The molecule has 3 atom stereocenters. The van der Waals surface area contributed by atoms with Gasteiger partial charge in [-0.2, -0.15) is 4.72 Å². The number of carbonyl (C=O) groups is 1. The number of benzene rings is 2. The van der Waals surface area contributed by atoms with Crippen LogP contribution in [0.4, 0.5) is 0 Å². The van der Waals surface area contributed by atoms with Crippen LogP contribution in [0, 0.1) is 11.8 Å². The zero-order valence-corrected chi connectivity index (χ0v) is 21.2. The number of aromatic nitrogens is 2. The molecule has 9 heteroatoms. The fourth-order valence-electron chi connectivity index (χ4n) is 5.68. The molecular formula is C27H35ClN4O3S. The number of sulfonamides is 1. The maximum Gasteiger partial charge on any atom is 0.241 e. The van der Waals surface area contributed by atoms with E-state index in [0.717, 1.165) is 18.2 Å². The quantitative estimate of drug-likeness (QED) is 0.460. The predicted octanol–water partition coefficient (Wildman–Crippen LogP) is 5.10. The predicted molar refractivity (Wildman–Crippen MR) is 143 cm³/mol. The van der Waals surface area contributed by atoms with Gasteiger partial charge in [0, 0.05) is 37.4 Å². The Kier molecular flexibility index (Phi) is 8.37. The fraction of sp³-hybridized carbons (Fsp3) is 0.481. The lowest BCUT2D eigenvalue weighted by atomic mass is 9.75. The highest BCUT2D eigenvalue weighted by atomic mass is 35.5. The summed E-state index contributed by atoms with van der Waals surface area (Å²) in [7, 11) is -3.95. The first-order chi connectivity index (χ1) is 16.9. The van der Waals surface area contributed by atoms with E-state index in [0.29, 0.717) is 42.1 Å². The Hall–Kier alpha value is -2.42. The highest BCUT2D eigenvalue weighted by Crippen LogP contribution is 2.36. The Morgan fingerprint density at radius 3 is 2.61 bits per heavy atom. The second kappa shape index (κ2) is 11.3. The molecule has 1 N–H and O–H groups in total. The van der Waals surface area contributed by atoms with Gasteiger partial charge < -0.3 is 9.47 Å². The largest absolute Gasteiger partial charge is 0.341 e. The van der Waals surface area contributed by atoms with Crippen LogP contribution < -0.4 is 4.72 Å². The number of nitrogens with zero attached hydrogens (tertiary/aromatic N) is 3. The zero-order valence-electron chi connectivity index (χ0n) is 19.6. The van der Waals surface area contributed by atoms with Crippen molar-refractivity contribution in [1.82, 2.24) is 19.2 Å². The van der Waals surface area contributed by atoms with Crippen LogP contribution in [0.5, 0.6) is 0 Å². The SMILES string of the molecule is C.O=C(C(CCn1ccnc1Cl)NS(=O)(=O)c1cccc2ccccc12)N1CCC2CCCCC2C1. The van der Waals surface area contributed by atoms with Gasteiger partial charge in [-0.25, -0.2) is 13.4 Å². The van der Waals surface area contributed by atoms with Gasteiger partial charge in [-0.05, 0) is 54.2 Å². The molecule has 2 fully saturated rings. The molecule has 1 saturated heterocycles. The van der Waals surface area contributed by atoms with Gasteiger partial charge in [0.25, 0.3) is 0 Å². The molecule has 194 valence electrons. The minimum atomic E-state index is -3.95. The van der Waals surface area contributed by atoms with E-state index in [1.807, 2.05) is 29.2 Å². The van der Waals surface area contributed by atoms with Crippen LogP contribution in [-0.2, 0) is 21.4 Å². The van der Waals surface area contributed by atoms with Crippen molar-refractivity contribution in [2.45, 2.75) is 63.4 Å². The summed E-state index contributed by atoms with van der Waals surface area (Å²) in [6, 6.07) is 11.7. The Morgan fingerprint density at radius 1 is 1.08 bits per heavy atom. The van der Waals surface area contributed by atoms with Crippen LogP contribution in [0.1, 0.15) is 46.0 Å². The average Bonchev–Trinajstić information content (AvgIpc) is 3.29. The lowest BCUT2D eigenvalue weighted by molar-refractivity contribution is -0.136. The summed E-state index contributed by atoms with van der Waals surface area (Å²) in [5.74, 6) is 1.04. The van der Waals surface area contributed by atoms with Crippen LogP contribution in [0.15, 0.2) is 59.8 Å². The maximum atomic E-state index is 13.7. The average molecular weight is 531 g/mol. The molecule has 2 aromatic carbocycles. The number of imidazole rings is 1. The van der Waals surface area contributed by atoms with Crippen LogP contribution in [0.25, 0.3) is 10.8 Å². The van der Waals surface area contributed by atoms with Crippen molar-refractivity contribution in [2.24, 2.45) is 11.8 Å². The van der Waals surface area contributed by atoms with Gasteiger partial charge in [-0.15, -0.1) is 0 Å². The summed E-state index contributed by atoms with van der Waals surface area (Å²) in [5, 5.41) is 1.79. The van der Waals surface area contributed by atoms with Crippen LogP contribution in [0.2, 0.25) is 5.28 Å². The third-order valence-electron chi connectivity index (χ3n) is 7.56. The molecule has 3 unspecified atom stereocenters. The van der Waals surface area contributed by atoms with Crippen molar-refractivity contribution in [3.63, 3.8) is 0 Å². The number of halogens is 1. The Balaban J connectivity index is 0.00000304. The molecule has 7 nitrogen and oxygen atoms in total. The normalized spacial score (nSPS) is 21.0. The number of nitrogens with one attached hydrogen (secondary N) is 1. The van der Waals surface area contributed by atoms with Gasteiger partial charge in [0.1, 0.15) is 6.04 Å². The highest BCUT2D eigenvalue weighted by molar-refractivity contribution is 7.89. The summed E-state index contributed by atoms with van der Waals surface area (Å²) >= 11 is 6.14. The van der Waals surface area contributed by atoms with E-state index in [4.69, 9.17) is 11.6 Å². The third kappa shape index (κ3) is 5.61. The first kappa shape index (κ1) is 26.6. The number of rotatable bonds is 7. The van der Waals surface area contributed by atoms with Crippen molar-refractivity contribution < 1.29 is 13.2 Å². The first-order valence-electron chi connectivity index (χ1n) is 12.4. The van der Waals surface area contributed by atoms with Crippen molar-refractivity contribution in [1.29, 1.82) is 0 Å². The zero-order chi connectivity index (χ0) is 24.4. The number of hydrogen-bond donors (Lipinski definition) is 1. The smallest absolute Gasteiger partial charge is 0.241 e. The molecule has 1 aromatic heterocycles. The number of likely N-dealkylation sites (tertiary alicyclic amines) is 1. The maximum absolute atomic E-state index is 13.7. The van der Waals surface area contributed by atoms with Crippen molar-refractivity contribution in [3.05, 3.63) is 60.1 Å². The molecule has 2 heterocycles. The van der Waals surface area contributed by atoms with Crippen LogP contribution in [0.3, 0.4) is 0 Å². The minimum absolute atomic E-state index is 0. The first-order valence-corrected chi connectivity index (χ1v) is 14.2. The van der Waals surface area contributed by atoms with Gasteiger partial charge in [0.05, 0.1) is 4.90 Å². The molecule has 3 aromatic rings. The number of carbonyl (C=O) groups excluding carboxylic acids is 1. The Morgan fingerprint density at radius 2 is 1.83 bits per heavy atom. The highest BCUT2D eigenvalue weighted by Gasteiger charge is 2.36. The lowest BCUT2D eigenvalue weighted by Gasteiger charge is -2.42. The molecule has 0 spiro atoms. The van der Waals surface area contributed by atoms with Crippen molar-refractivity contribution in [3.8, 4) is 0 Å². The molecule has 36 heavy (non-hydrogen) atoms.